The quantitative estimate of drug-likeness (QED) is 0.362. The molecule has 1 saturated heterocycles. The van der Waals surface area contributed by atoms with Crippen molar-refractivity contribution in [1.82, 2.24) is 10.2 Å². The molecule has 0 amide bonds. The Morgan fingerprint density at radius 2 is 1.76 bits per heavy atom. The Hall–Kier alpha value is -3.15. The Morgan fingerprint density at radius 1 is 0.973 bits per heavy atom. The number of carbonyl (C=O) groups is 1. The molecule has 5 nitrogen and oxygen atoms in total. The number of hydrogen-bond donors (Lipinski definition) is 1. The molecule has 37 heavy (non-hydrogen) atoms. The first-order valence-corrected chi connectivity index (χ1v) is 13.7. The maximum absolute atomic E-state index is 11.8. The molecule has 1 aliphatic carbocycles. The number of rotatable bonds is 9. The number of ether oxygens (including phenoxy) is 2. The highest BCUT2D eigenvalue weighted by Crippen LogP contribution is 2.27. The predicted octanol–water partition coefficient (Wildman–Crippen LogP) is 6.09. The third kappa shape index (κ3) is 6.60. The molecular weight excluding hydrogens is 460 g/mol. The van der Waals surface area contributed by atoms with Crippen LogP contribution in [0.3, 0.4) is 0 Å². The highest BCUT2D eigenvalue weighted by atomic mass is 16.5. The Bertz CT molecular complexity index is 1210. The van der Waals surface area contributed by atoms with Gasteiger partial charge in [-0.15, -0.1) is 0 Å². The smallest absolute Gasteiger partial charge is 0.337 e. The summed E-state index contributed by atoms with van der Waals surface area (Å²) in [5.41, 5.74) is 2.77. The molecule has 3 aromatic carbocycles. The molecule has 1 atom stereocenters. The van der Waals surface area contributed by atoms with E-state index in [4.69, 9.17) is 9.47 Å². The van der Waals surface area contributed by atoms with Crippen molar-refractivity contribution in [3.63, 3.8) is 0 Å². The van der Waals surface area contributed by atoms with Gasteiger partial charge in [0.25, 0.3) is 0 Å². The summed E-state index contributed by atoms with van der Waals surface area (Å²) in [5.74, 6) is 0.579. The summed E-state index contributed by atoms with van der Waals surface area (Å²) < 4.78 is 11.2. The zero-order valence-electron chi connectivity index (χ0n) is 21.8. The van der Waals surface area contributed by atoms with Crippen LogP contribution in [0.1, 0.15) is 54.4 Å². The van der Waals surface area contributed by atoms with E-state index >= 15 is 0 Å². The third-order valence-electron chi connectivity index (χ3n) is 7.79. The van der Waals surface area contributed by atoms with Crippen molar-refractivity contribution in [2.45, 2.75) is 50.6 Å². The first-order chi connectivity index (χ1) is 18.2. The fourth-order valence-electron chi connectivity index (χ4n) is 5.71. The molecule has 0 radical (unpaired) electrons. The van der Waals surface area contributed by atoms with Crippen molar-refractivity contribution in [3.8, 4) is 5.75 Å². The molecule has 1 saturated carbocycles. The lowest BCUT2D eigenvalue weighted by molar-refractivity contribution is 0.0600. The van der Waals surface area contributed by atoms with Crippen molar-refractivity contribution in [2.75, 3.05) is 33.4 Å². The number of methoxy groups -OCH3 is 1. The third-order valence-corrected chi connectivity index (χ3v) is 7.79. The lowest BCUT2D eigenvalue weighted by Crippen LogP contribution is -2.39. The van der Waals surface area contributed by atoms with Gasteiger partial charge in [-0.2, -0.15) is 0 Å². The van der Waals surface area contributed by atoms with Crippen LogP contribution in [-0.4, -0.2) is 56.3 Å². The SMILES string of the molecule is COC(=O)c1ccc(/C=C(/CNC2CCN(C3CCCCC3)C2)COc2cccc3ccccc23)cc1. The summed E-state index contributed by atoms with van der Waals surface area (Å²) in [6.07, 6.45) is 10.3. The minimum absolute atomic E-state index is 0.319. The van der Waals surface area contributed by atoms with Crippen LogP contribution in [-0.2, 0) is 4.74 Å². The molecule has 0 bridgehead atoms. The molecule has 1 heterocycles. The molecule has 5 heteroatoms. The zero-order valence-corrected chi connectivity index (χ0v) is 21.8. The van der Waals surface area contributed by atoms with Gasteiger partial charge in [-0.1, -0.05) is 73.9 Å². The van der Waals surface area contributed by atoms with Crippen molar-refractivity contribution in [3.05, 3.63) is 83.4 Å². The minimum atomic E-state index is -0.319. The number of nitrogens with zero attached hydrogens (tertiary/aromatic N) is 1. The highest BCUT2D eigenvalue weighted by Gasteiger charge is 2.28. The predicted molar refractivity (Wildman–Crippen MR) is 150 cm³/mol. The molecule has 2 fully saturated rings. The Labute approximate surface area is 220 Å². The lowest BCUT2D eigenvalue weighted by Gasteiger charge is -2.31. The average molecular weight is 499 g/mol. The van der Waals surface area contributed by atoms with Crippen LogP contribution in [0, 0.1) is 0 Å². The lowest BCUT2D eigenvalue weighted by atomic mass is 9.94. The van der Waals surface area contributed by atoms with E-state index in [0.717, 1.165) is 35.8 Å². The van der Waals surface area contributed by atoms with Gasteiger partial charge in [0.05, 0.1) is 12.7 Å². The van der Waals surface area contributed by atoms with Crippen molar-refractivity contribution in [1.29, 1.82) is 0 Å². The molecule has 5 rings (SSSR count). The normalized spacial score (nSPS) is 19.3. The highest BCUT2D eigenvalue weighted by molar-refractivity contribution is 5.89. The second kappa shape index (κ2) is 12.4. The van der Waals surface area contributed by atoms with Gasteiger partial charge in [-0.3, -0.25) is 4.90 Å². The molecule has 2 aliphatic rings. The molecule has 1 N–H and O–H groups in total. The number of benzene rings is 3. The van der Waals surface area contributed by atoms with Crippen LogP contribution in [0.25, 0.3) is 16.8 Å². The monoisotopic (exact) mass is 498 g/mol. The Morgan fingerprint density at radius 3 is 2.57 bits per heavy atom. The minimum Gasteiger partial charge on any atom is -0.489 e. The molecule has 194 valence electrons. The second-order valence-corrected chi connectivity index (χ2v) is 10.3. The van der Waals surface area contributed by atoms with Crippen LogP contribution < -0.4 is 10.1 Å². The van der Waals surface area contributed by atoms with Crippen molar-refractivity contribution < 1.29 is 14.3 Å². The largest absolute Gasteiger partial charge is 0.489 e. The van der Waals surface area contributed by atoms with E-state index in [1.54, 1.807) is 0 Å². The van der Waals surface area contributed by atoms with Crippen molar-refractivity contribution >= 4 is 22.8 Å². The summed E-state index contributed by atoms with van der Waals surface area (Å²) in [7, 11) is 1.41. The number of carbonyl (C=O) groups excluding carboxylic acids is 1. The van der Waals surface area contributed by atoms with Crippen LogP contribution >= 0.6 is 0 Å². The summed E-state index contributed by atoms with van der Waals surface area (Å²) in [4.78, 5) is 14.5. The van der Waals surface area contributed by atoms with Gasteiger partial charge in [-0.05, 0) is 54.0 Å². The van der Waals surface area contributed by atoms with Crippen molar-refractivity contribution in [2.24, 2.45) is 0 Å². The fourth-order valence-corrected chi connectivity index (χ4v) is 5.71. The van der Waals surface area contributed by atoms with Gasteiger partial charge in [0.1, 0.15) is 12.4 Å². The molecule has 0 spiro atoms. The Kier molecular flexibility index (Phi) is 8.54. The number of esters is 1. The molecule has 3 aromatic rings. The average Bonchev–Trinajstić information content (AvgIpc) is 3.44. The second-order valence-electron chi connectivity index (χ2n) is 10.3. The van der Waals surface area contributed by atoms with E-state index in [-0.39, 0.29) is 5.97 Å². The molecule has 1 aliphatic heterocycles. The number of likely N-dealkylation sites (tertiary alicyclic amines) is 1. The summed E-state index contributed by atoms with van der Waals surface area (Å²) >= 11 is 0. The zero-order chi connectivity index (χ0) is 25.5. The first kappa shape index (κ1) is 25.5. The van der Waals surface area contributed by atoms with Crippen LogP contribution in [0.2, 0.25) is 0 Å². The number of hydrogen-bond acceptors (Lipinski definition) is 5. The van der Waals surface area contributed by atoms with E-state index in [0.29, 0.717) is 18.2 Å². The molecule has 0 aromatic heterocycles. The van der Waals surface area contributed by atoms with Gasteiger partial charge >= 0.3 is 5.97 Å². The molecular formula is C32H38N2O3. The van der Waals surface area contributed by atoms with E-state index in [1.165, 1.54) is 63.1 Å². The maximum Gasteiger partial charge on any atom is 0.337 e. The molecule has 1 unspecified atom stereocenters. The van der Waals surface area contributed by atoms with Crippen LogP contribution in [0.4, 0.5) is 0 Å². The topological polar surface area (TPSA) is 50.8 Å². The van der Waals surface area contributed by atoms with Gasteiger partial charge in [0, 0.05) is 37.1 Å². The Balaban J connectivity index is 1.27. The van der Waals surface area contributed by atoms with Gasteiger partial charge in [0.2, 0.25) is 0 Å². The summed E-state index contributed by atoms with van der Waals surface area (Å²) in [6.45, 7) is 3.60. The number of nitrogens with one attached hydrogen (secondary N) is 1. The van der Waals surface area contributed by atoms with E-state index in [1.807, 2.05) is 36.4 Å². The van der Waals surface area contributed by atoms with Crippen LogP contribution in [0.5, 0.6) is 5.75 Å². The fraction of sp³-hybridized carbons (Fsp3) is 0.406. The van der Waals surface area contributed by atoms with E-state index in [9.17, 15) is 4.79 Å². The van der Waals surface area contributed by atoms with Gasteiger partial charge in [-0.25, -0.2) is 4.79 Å². The van der Waals surface area contributed by atoms with E-state index < -0.39 is 0 Å². The standard InChI is InChI=1S/C32H38N2O3/c1-36-32(35)27-16-14-24(15-17-27)20-25(23-37-31-13-7-9-26-8-5-6-12-30(26)31)21-33-28-18-19-34(22-28)29-10-3-2-4-11-29/h5-9,12-17,20,28-29,33H,2-4,10-11,18-19,21-23H2,1H3/b25-20-. The van der Waals surface area contributed by atoms with Crippen LogP contribution in [0.15, 0.2) is 72.3 Å². The summed E-state index contributed by atoms with van der Waals surface area (Å²) in [5, 5.41) is 6.12. The number of fused-ring (bicyclic) bond motifs is 1. The first-order valence-electron chi connectivity index (χ1n) is 13.7. The van der Waals surface area contributed by atoms with Gasteiger partial charge in [0.15, 0.2) is 0 Å². The van der Waals surface area contributed by atoms with Gasteiger partial charge < -0.3 is 14.8 Å². The maximum atomic E-state index is 11.8. The summed E-state index contributed by atoms with van der Waals surface area (Å²) in [6, 6.07) is 23.4. The van der Waals surface area contributed by atoms with E-state index in [2.05, 4.69) is 46.6 Å².